The van der Waals surface area contributed by atoms with Gasteiger partial charge in [0, 0.05) is 23.9 Å². The molecule has 2 heterocycles. The summed E-state index contributed by atoms with van der Waals surface area (Å²) in [6, 6.07) is 0.737. The molecule has 8 heteroatoms. The predicted octanol–water partition coefficient (Wildman–Crippen LogP) is 2.05. The van der Waals surface area contributed by atoms with E-state index >= 15 is 0 Å². The van der Waals surface area contributed by atoms with Crippen molar-refractivity contribution in [1.29, 1.82) is 0 Å². The van der Waals surface area contributed by atoms with Gasteiger partial charge in [-0.25, -0.2) is 18.7 Å². The molecular formula is C12H13F2N3O2S. The van der Waals surface area contributed by atoms with Crippen LogP contribution < -0.4 is 5.56 Å². The van der Waals surface area contributed by atoms with Gasteiger partial charge in [-0.2, -0.15) is 0 Å². The van der Waals surface area contributed by atoms with Crippen LogP contribution in [0, 0.1) is 0 Å². The van der Waals surface area contributed by atoms with Crippen LogP contribution in [0.2, 0.25) is 0 Å². The summed E-state index contributed by atoms with van der Waals surface area (Å²) >= 11 is 0. The first kappa shape index (κ1) is 14.7. The fourth-order valence-electron chi connectivity index (χ4n) is 1.90. The number of fused-ring (bicyclic) bond motifs is 1. The monoisotopic (exact) mass is 301 g/mol. The molecule has 0 fully saturated rings. The van der Waals surface area contributed by atoms with Gasteiger partial charge < -0.3 is 0 Å². The van der Waals surface area contributed by atoms with Crippen molar-refractivity contribution in [2.45, 2.75) is 31.5 Å². The first-order valence-electron chi connectivity index (χ1n) is 5.86. The maximum atomic E-state index is 12.9. The maximum absolute atomic E-state index is 12.9. The Bertz CT molecular complexity index is 743. The van der Waals surface area contributed by atoms with E-state index in [1.165, 1.54) is 17.0 Å². The predicted molar refractivity (Wildman–Crippen MR) is 71.5 cm³/mol. The van der Waals surface area contributed by atoms with Gasteiger partial charge in [0.05, 0.1) is 16.4 Å². The molecule has 2 aromatic heterocycles. The van der Waals surface area contributed by atoms with Crippen LogP contribution >= 0.6 is 0 Å². The van der Waals surface area contributed by atoms with Gasteiger partial charge in [0.25, 0.3) is 12.0 Å². The molecule has 0 aromatic carbocycles. The molecule has 1 unspecified atom stereocenters. The van der Waals surface area contributed by atoms with E-state index in [1.807, 2.05) is 0 Å². The van der Waals surface area contributed by atoms with Gasteiger partial charge in [-0.15, -0.1) is 0 Å². The Hall–Kier alpha value is -1.70. The first-order chi connectivity index (χ1) is 9.32. The van der Waals surface area contributed by atoms with Crippen molar-refractivity contribution in [3.63, 3.8) is 0 Å². The van der Waals surface area contributed by atoms with Gasteiger partial charge in [0.15, 0.2) is 0 Å². The molecule has 20 heavy (non-hydrogen) atoms. The van der Waals surface area contributed by atoms with Crippen LogP contribution in [0.4, 0.5) is 8.78 Å². The highest BCUT2D eigenvalue weighted by molar-refractivity contribution is 7.84. The Morgan fingerprint density at radius 3 is 2.50 bits per heavy atom. The number of hydrogen-bond donors (Lipinski definition) is 0. The number of alkyl halides is 2. The van der Waals surface area contributed by atoms with Gasteiger partial charge in [0.2, 0.25) is 5.16 Å². The zero-order valence-electron chi connectivity index (χ0n) is 11.1. The molecule has 0 N–H and O–H groups in total. The Labute approximate surface area is 116 Å². The highest BCUT2D eigenvalue weighted by Crippen LogP contribution is 2.21. The van der Waals surface area contributed by atoms with E-state index in [0.717, 1.165) is 6.07 Å². The summed E-state index contributed by atoms with van der Waals surface area (Å²) in [5.41, 5.74) is -1.15. The molecule has 108 valence electrons. The van der Waals surface area contributed by atoms with Crippen LogP contribution in [-0.4, -0.2) is 25.0 Å². The summed E-state index contributed by atoms with van der Waals surface area (Å²) in [6.45, 7) is 3.39. The Morgan fingerprint density at radius 2 is 2.00 bits per heavy atom. The highest BCUT2D eigenvalue weighted by Gasteiger charge is 2.19. The van der Waals surface area contributed by atoms with E-state index in [1.54, 1.807) is 13.8 Å². The van der Waals surface area contributed by atoms with Gasteiger partial charge in [-0.3, -0.25) is 13.6 Å². The summed E-state index contributed by atoms with van der Waals surface area (Å²) in [5, 5.41) is 0.388. The van der Waals surface area contributed by atoms with Crippen LogP contribution in [-0.2, 0) is 10.8 Å². The van der Waals surface area contributed by atoms with Gasteiger partial charge in [-0.05, 0) is 19.9 Å². The molecule has 0 bridgehead atoms. The molecule has 0 saturated carbocycles. The summed E-state index contributed by atoms with van der Waals surface area (Å²) < 4.78 is 38.4. The van der Waals surface area contributed by atoms with Crippen LogP contribution in [0.25, 0.3) is 11.0 Å². The fraction of sp³-hybridized carbons (Fsp3) is 0.417. The lowest BCUT2D eigenvalue weighted by atomic mass is 10.2. The van der Waals surface area contributed by atoms with E-state index in [4.69, 9.17) is 0 Å². The molecule has 2 aromatic rings. The van der Waals surface area contributed by atoms with E-state index in [-0.39, 0.29) is 16.8 Å². The summed E-state index contributed by atoms with van der Waals surface area (Å²) in [4.78, 5) is 20.0. The third-order valence-electron chi connectivity index (χ3n) is 2.79. The van der Waals surface area contributed by atoms with Crippen molar-refractivity contribution in [1.82, 2.24) is 14.5 Å². The van der Waals surface area contributed by atoms with Gasteiger partial charge in [-0.1, -0.05) is 0 Å². The minimum Gasteiger partial charge on any atom is -0.290 e. The van der Waals surface area contributed by atoms with Crippen molar-refractivity contribution in [2.24, 2.45) is 0 Å². The summed E-state index contributed by atoms with van der Waals surface area (Å²) in [5.74, 6) is 0. The molecule has 1 atom stereocenters. The average molecular weight is 301 g/mol. The molecule has 2 rings (SSSR count). The van der Waals surface area contributed by atoms with E-state index in [0.29, 0.717) is 5.39 Å². The number of nitrogens with zero attached hydrogens (tertiary/aromatic N) is 3. The second-order valence-corrected chi connectivity index (χ2v) is 5.83. The zero-order valence-corrected chi connectivity index (χ0v) is 11.9. The number of hydrogen-bond acceptors (Lipinski definition) is 4. The molecule has 0 saturated heterocycles. The van der Waals surface area contributed by atoms with Crippen LogP contribution in [0.3, 0.4) is 0 Å². The SMILES string of the molecule is CC(C)n1c(=O)c(C(F)F)cc2cnc(S(C)=O)nc21. The number of rotatable bonds is 3. The van der Waals surface area contributed by atoms with Crippen molar-refractivity contribution >= 4 is 21.8 Å². The van der Waals surface area contributed by atoms with Crippen molar-refractivity contribution < 1.29 is 13.0 Å². The minimum absolute atomic E-state index is 0.0658. The molecule has 0 aliphatic rings. The summed E-state index contributed by atoms with van der Waals surface area (Å²) in [6.07, 6.45) is -0.146. The molecule has 0 aliphatic heterocycles. The normalized spacial score (nSPS) is 13.3. The Kier molecular flexibility index (Phi) is 3.94. The van der Waals surface area contributed by atoms with Crippen LogP contribution in [0.1, 0.15) is 31.9 Å². The third kappa shape index (κ3) is 2.47. The van der Waals surface area contributed by atoms with E-state index in [2.05, 4.69) is 9.97 Å². The Morgan fingerprint density at radius 1 is 1.35 bits per heavy atom. The topological polar surface area (TPSA) is 64.8 Å². The number of aromatic nitrogens is 3. The minimum atomic E-state index is -2.86. The van der Waals surface area contributed by atoms with Crippen molar-refractivity contribution in [3.05, 3.63) is 28.2 Å². The molecule has 5 nitrogen and oxygen atoms in total. The maximum Gasteiger partial charge on any atom is 0.269 e. The number of halogens is 2. The van der Waals surface area contributed by atoms with Crippen molar-refractivity contribution in [2.75, 3.05) is 6.26 Å². The molecule has 0 aliphatic carbocycles. The quantitative estimate of drug-likeness (QED) is 0.814. The lowest BCUT2D eigenvalue weighted by Gasteiger charge is -2.15. The molecule has 0 amide bonds. The van der Waals surface area contributed by atoms with Crippen molar-refractivity contribution in [3.8, 4) is 0 Å². The average Bonchev–Trinajstić information content (AvgIpc) is 2.36. The largest absolute Gasteiger partial charge is 0.290 e. The molecular weight excluding hydrogens is 288 g/mol. The van der Waals surface area contributed by atoms with Crippen LogP contribution in [0.15, 0.2) is 22.2 Å². The van der Waals surface area contributed by atoms with Gasteiger partial charge in [0.1, 0.15) is 5.65 Å². The van der Waals surface area contributed by atoms with Gasteiger partial charge >= 0.3 is 0 Å². The standard InChI is InChI=1S/C12H13F2N3O2S/c1-6(2)17-10-7(4-8(9(13)14)11(17)18)5-15-12(16-10)20(3)19/h4-6,9H,1-3H3. The molecule has 0 spiro atoms. The van der Waals surface area contributed by atoms with E-state index in [9.17, 15) is 17.8 Å². The smallest absolute Gasteiger partial charge is 0.269 e. The zero-order chi connectivity index (χ0) is 15.0. The van der Waals surface area contributed by atoms with E-state index < -0.39 is 28.3 Å². The second-order valence-electron chi connectivity index (χ2n) is 4.55. The summed E-state index contributed by atoms with van der Waals surface area (Å²) in [7, 11) is -1.41. The highest BCUT2D eigenvalue weighted by atomic mass is 32.2. The first-order valence-corrected chi connectivity index (χ1v) is 7.42. The van der Waals surface area contributed by atoms with Crippen LogP contribution in [0.5, 0.6) is 0 Å². The lowest BCUT2D eigenvalue weighted by molar-refractivity contribution is 0.149. The molecule has 0 radical (unpaired) electrons. The third-order valence-corrected chi connectivity index (χ3v) is 3.50. The lowest BCUT2D eigenvalue weighted by Crippen LogP contribution is -2.26. The Balaban J connectivity index is 2.90. The fourth-order valence-corrected chi connectivity index (χ4v) is 2.32. The number of pyridine rings is 1. The second kappa shape index (κ2) is 5.35.